The van der Waals surface area contributed by atoms with Gasteiger partial charge in [0.25, 0.3) is 0 Å². The highest BCUT2D eigenvalue weighted by atomic mass is 32.2. The summed E-state index contributed by atoms with van der Waals surface area (Å²) in [4.78, 5) is 12.6. The highest BCUT2D eigenvalue weighted by molar-refractivity contribution is 7.89. The average molecular weight is 487 g/mol. The Bertz CT molecular complexity index is 1310. The van der Waals surface area contributed by atoms with Crippen LogP contribution >= 0.6 is 0 Å². The van der Waals surface area contributed by atoms with Crippen LogP contribution in [0.25, 0.3) is 0 Å². The van der Waals surface area contributed by atoms with E-state index in [9.17, 15) is 22.0 Å². The Labute approximate surface area is 197 Å². The molecule has 1 N–H and O–H groups in total. The smallest absolute Gasteiger partial charge is 0.243 e. The molecule has 0 spiro atoms. The first-order valence-electron chi connectivity index (χ1n) is 10.8. The molecule has 1 heterocycles. The molecule has 0 unspecified atom stereocenters. The van der Waals surface area contributed by atoms with E-state index in [0.29, 0.717) is 36.1 Å². The standard InChI is InChI=1S/C25H24F2N2O4S/c1-17-5-4-6-19(15-17)33-24-8-3-2-7-23(24)28-25(30)18-11-13-29(14-12-18)34(31,32)20-9-10-21(26)22(27)16-20/h2-10,15-16,18H,11-14H2,1H3,(H,28,30). The fraction of sp³-hybridized carbons (Fsp3) is 0.240. The first-order chi connectivity index (χ1) is 16.2. The van der Waals surface area contributed by atoms with Gasteiger partial charge in [0, 0.05) is 19.0 Å². The van der Waals surface area contributed by atoms with Gasteiger partial charge in [-0.3, -0.25) is 4.79 Å². The summed E-state index contributed by atoms with van der Waals surface area (Å²) in [6.07, 6.45) is 0.602. The van der Waals surface area contributed by atoms with Crippen LogP contribution in [0.2, 0.25) is 0 Å². The number of para-hydroxylation sites is 2. The number of rotatable bonds is 6. The molecule has 34 heavy (non-hydrogen) atoms. The van der Waals surface area contributed by atoms with E-state index < -0.39 is 27.6 Å². The summed E-state index contributed by atoms with van der Waals surface area (Å²) in [7, 11) is -3.98. The minimum absolute atomic E-state index is 0.0981. The Hall–Kier alpha value is -3.30. The van der Waals surface area contributed by atoms with E-state index in [-0.39, 0.29) is 23.9 Å². The number of anilines is 1. The van der Waals surface area contributed by atoms with Crippen LogP contribution in [0.15, 0.2) is 71.6 Å². The minimum Gasteiger partial charge on any atom is -0.455 e. The topological polar surface area (TPSA) is 75.7 Å². The lowest BCUT2D eigenvalue weighted by Crippen LogP contribution is -2.41. The van der Waals surface area contributed by atoms with E-state index in [1.54, 1.807) is 18.2 Å². The minimum atomic E-state index is -3.98. The molecule has 1 saturated heterocycles. The van der Waals surface area contributed by atoms with Crippen molar-refractivity contribution in [3.8, 4) is 11.5 Å². The number of hydrogen-bond donors (Lipinski definition) is 1. The van der Waals surface area contributed by atoms with Crippen molar-refractivity contribution in [2.45, 2.75) is 24.7 Å². The second kappa shape index (κ2) is 9.90. The number of piperidine rings is 1. The van der Waals surface area contributed by atoms with Crippen LogP contribution in [-0.4, -0.2) is 31.7 Å². The quantitative estimate of drug-likeness (QED) is 0.526. The summed E-state index contributed by atoms with van der Waals surface area (Å²) < 4.78 is 59.4. The lowest BCUT2D eigenvalue weighted by atomic mass is 9.97. The van der Waals surface area contributed by atoms with E-state index in [4.69, 9.17) is 4.74 Å². The van der Waals surface area contributed by atoms with Gasteiger partial charge in [-0.15, -0.1) is 0 Å². The first kappa shape index (κ1) is 23.8. The molecule has 1 amide bonds. The van der Waals surface area contributed by atoms with Crippen molar-refractivity contribution >= 4 is 21.6 Å². The Morgan fingerprint density at radius 1 is 0.971 bits per heavy atom. The number of carbonyl (C=O) groups excluding carboxylic acids is 1. The summed E-state index contributed by atoms with van der Waals surface area (Å²) in [5.74, 6) is -1.81. The highest BCUT2D eigenvalue weighted by Crippen LogP contribution is 2.31. The SMILES string of the molecule is Cc1cccc(Oc2ccccc2NC(=O)C2CCN(S(=O)(=O)c3ccc(F)c(F)c3)CC2)c1. The molecule has 0 saturated carbocycles. The van der Waals surface area contributed by atoms with Crippen molar-refractivity contribution < 1.29 is 26.7 Å². The van der Waals surface area contributed by atoms with Gasteiger partial charge >= 0.3 is 0 Å². The van der Waals surface area contributed by atoms with Crippen molar-refractivity contribution in [1.29, 1.82) is 0 Å². The number of sulfonamides is 1. The van der Waals surface area contributed by atoms with Crippen LogP contribution in [-0.2, 0) is 14.8 Å². The van der Waals surface area contributed by atoms with Gasteiger partial charge in [0.1, 0.15) is 5.75 Å². The lowest BCUT2D eigenvalue weighted by molar-refractivity contribution is -0.120. The Morgan fingerprint density at radius 2 is 1.71 bits per heavy atom. The van der Waals surface area contributed by atoms with E-state index in [1.165, 1.54) is 4.31 Å². The largest absolute Gasteiger partial charge is 0.455 e. The molecule has 0 radical (unpaired) electrons. The molecule has 4 rings (SSSR count). The number of carbonyl (C=O) groups is 1. The summed E-state index contributed by atoms with van der Waals surface area (Å²) in [6, 6.07) is 17.2. The van der Waals surface area contributed by atoms with Crippen molar-refractivity contribution in [2.75, 3.05) is 18.4 Å². The maximum absolute atomic E-state index is 13.5. The second-order valence-electron chi connectivity index (χ2n) is 8.16. The molecule has 1 fully saturated rings. The molecule has 9 heteroatoms. The average Bonchev–Trinajstić information content (AvgIpc) is 2.82. The van der Waals surface area contributed by atoms with Gasteiger partial charge in [0.05, 0.1) is 10.6 Å². The van der Waals surface area contributed by atoms with Crippen LogP contribution in [0.1, 0.15) is 18.4 Å². The van der Waals surface area contributed by atoms with Gasteiger partial charge in [-0.05, 0) is 67.8 Å². The zero-order valence-corrected chi connectivity index (χ0v) is 19.3. The molecule has 178 valence electrons. The van der Waals surface area contributed by atoms with Crippen molar-refractivity contribution in [3.63, 3.8) is 0 Å². The lowest BCUT2D eigenvalue weighted by Gasteiger charge is -2.30. The molecule has 0 bridgehead atoms. The second-order valence-corrected chi connectivity index (χ2v) is 10.1. The summed E-state index contributed by atoms with van der Waals surface area (Å²) in [5, 5.41) is 2.89. The Kier molecular flexibility index (Phi) is 6.95. The number of hydrogen-bond acceptors (Lipinski definition) is 4. The van der Waals surface area contributed by atoms with Crippen molar-refractivity contribution in [2.24, 2.45) is 5.92 Å². The normalized spacial score (nSPS) is 15.1. The highest BCUT2D eigenvalue weighted by Gasteiger charge is 2.32. The Balaban J connectivity index is 1.40. The van der Waals surface area contributed by atoms with E-state index in [2.05, 4.69) is 5.32 Å². The van der Waals surface area contributed by atoms with Crippen LogP contribution in [0.5, 0.6) is 11.5 Å². The van der Waals surface area contributed by atoms with Crippen molar-refractivity contribution in [1.82, 2.24) is 4.31 Å². The van der Waals surface area contributed by atoms with Crippen molar-refractivity contribution in [3.05, 3.63) is 83.9 Å². The van der Waals surface area contributed by atoms with Gasteiger partial charge in [0.15, 0.2) is 17.4 Å². The number of amides is 1. The molecule has 0 aromatic heterocycles. The Morgan fingerprint density at radius 3 is 2.41 bits per heavy atom. The molecular weight excluding hydrogens is 462 g/mol. The van der Waals surface area contributed by atoms with Crippen LogP contribution in [0, 0.1) is 24.5 Å². The predicted molar refractivity (Wildman–Crippen MR) is 124 cm³/mol. The monoisotopic (exact) mass is 486 g/mol. The number of halogens is 2. The molecule has 1 aliphatic heterocycles. The zero-order chi connectivity index (χ0) is 24.3. The summed E-state index contributed by atoms with van der Waals surface area (Å²) in [5.41, 5.74) is 1.56. The number of nitrogens with one attached hydrogen (secondary N) is 1. The van der Waals surface area contributed by atoms with Gasteiger partial charge in [0.2, 0.25) is 15.9 Å². The van der Waals surface area contributed by atoms with Crippen LogP contribution in [0.4, 0.5) is 14.5 Å². The van der Waals surface area contributed by atoms with Gasteiger partial charge < -0.3 is 10.1 Å². The molecule has 0 aliphatic carbocycles. The third-order valence-corrected chi connectivity index (χ3v) is 7.61. The molecule has 3 aromatic carbocycles. The van der Waals surface area contributed by atoms with Gasteiger partial charge in [-0.2, -0.15) is 4.31 Å². The number of ether oxygens (including phenoxy) is 1. The van der Waals surface area contributed by atoms with E-state index >= 15 is 0 Å². The fourth-order valence-corrected chi connectivity index (χ4v) is 5.33. The zero-order valence-electron chi connectivity index (χ0n) is 18.5. The fourth-order valence-electron chi connectivity index (χ4n) is 3.84. The number of benzene rings is 3. The van der Waals surface area contributed by atoms with Crippen LogP contribution in [0.3, 0.4) is 0 Å². The van der Waals surface area contributed by atoms with Crippen LogP contribution < -0.4 is 10.1 Å². The third-order valence-electron chi connectivity index (χ3n) is 5.72. The molecule has 6 nitrogen and oxygen atoms in total. The summed E-state index contributed by atoms with van der Waals surface area (Å²) in [6.45, 7) is 2.15. The molecular formula is C25H24F2N2O4S. The number of aryl methyl sites for hydroxylation is 1. The van der Waals surface area contributed by atoms with Gasteiger partial charge in [-0.1, -0.05) is 24.3 Å². The number of nitrogens with zero attached hydrogens (tertiary/aromatic N) is 1. The maximum atomic E-state index is 13.5. The first-order valence-corrected chi connectivity index (χ1v) is 12.3. The molecule has 0 atom stereocenters. The molecule has 1 aliphatic rings. The van der Waals surface area contributed by atoms with E-state index in [0.717, 1.165) is 17.7 Å². The van der Waals surface area contributed by atoms with Gasteiger partial charge in [-0.25, -0.2) is 17.2 Å². The maximum Gasteiger partial charge on any atom is 0.243 e. The van der Waals surface area contributed by atoms with E-state index in [1.807, 2.05) is 37.3 Å². The molecule has 3 aromatic rings. The third kappa shape index (κ3) is 5.26. The predicted octanol–water partition coefficient (Wildman–Crippen LogP) is 5.10. The summed E-state index contributed by atoms with van der Waals surface area (Å²) >= 11 is 0.